The van der Waals surface area contributed by atoms with Gasteiger partial charge in [0.2, 0.25) is 6.08 Å². The van der Waals surface area contributed by atoms with Crippen molar-refractivity contribution < 1.29 is 9.53 Å². The van der Waals surface area contributed by atoms with Gasteiger partial charge in [0.1, 0.15) is 11.3 Å². The molecule has 4 heteroatoms. The number of rotatable bonds is 3. The summed E-state index contributed by atoms with van der Waals surface area (Å²) in [7, 11) is 1.66. The molecular weight excluding hydrogens is 274 g/mol. The quantitative estimate of drug-likeness (QED) is 0.613. The topological polar surface area (TPSA) is 38.7 Å². The summed E-state index contributed by atoms with van der Waals surface area (Å²) in [4.78, 5) is 15.1. The summed E-state index contributed by atoms with van der Waals surface area (Å²) in [6.07, 6.45) is 5.56. The van der Waals surface area contributed by atoms with E-state index in [0.29, 0.717) is 0 Å². The molecule has 3 nitrogen and oxygen atoms in total. The van der Waals surface area contributed by atoms with Crippen LogP contribution in [0.15, 0.2) is 4.99 Å². The van der Waals surface area contributed by atoms with Crippen LogP contribution >= 0.6 is 11.6 Å². The molecule has 0 aromatic heterocycles. The van der Waals surface area contributed by atoms with Gasteiger partial charge >= 0.3 is 0 Å². The summed E-state index contributed by atoms with van der Waals surface area (Å²) < 4.78 is 5.63. The van der Waals surface area contributed by atoms with Crippen molar-refractivity contribution in [2.75, 3.05) is 7.11 Å². The number of methoxy groups -OCH3 is 1. The molecule has 0 aliphatic heterocycles. The Labute approximate surface area is 125 Å². The van der Waals surface area contributed by atoms with Gasteiger partial charge in [0.15, 0.2) is 0 Å². The van der Waals surface area contributed by atoms with Gasteiger partial charge in [0.25, 0.3) is 0 Å². The minimum Gasteiger partial charge on any atom is -0.496 e. The van der Waals surface area contributed by atoms with E-state index >= 15 is 0 Å². The summed E-state index contributed by atoms with van der Waals surface area (Å²) in [6.45, 7) is 5.96. The third kappa shape index (κ3) is 2.15. The second-order valence-electron chi connectivity index (χ2n) is 5.54. The van der Waals surface area contributed by atoms with E-state index in [0.717, 1.165) is 58.7 Å². The number of benzene rings is 1. The Hall–Kier alpha value is -1.31. The van der Waals surface area contributed by atoms with Gasteiger partial charge in [-0.05, 0) is 50.3 Å². The first-order valence-electron chi connectivity index (χ1n) is 6.91. The molecule has 2 rings (SSSR count). The number of ether oxygens (including phenoxy) is 1. The maximum atomic E-state index is 10.9. The summed E-state index contributed by atoms with van der Waals surface area (Å²) in [5.41, 5.74) is 3.46. The largest absolute Gasteiger partial charge is 0.496 e. The summed E-state index contributed by atoms with van der Waals surface area (Å²) in [5.74, 6) is 0.810. The van der Waals surface area contributed by atoms with Crippen molar-refractivity contribution in [3.8, 4) is 5.75 Å². The van der Waals surface area contributed by atoms with Gasteiger partial charge in [-0.2, -0.15) is 4.99 Å². The van der Waals surface area contributed by atoms with Crippen molar-refractivity contribution in [2.45, 2.75) is 52.0 Å². The lowest BCUT2D eigenvalue weighted by molar-refractivity contribution is 0.375. The Morgan fingerprint density at radius 3 is 2.25 bits per heavy atom. The summed E-state index contributed by atoms with van der Waals surface area (Å²) in [6, 6.07) is 0. The van der Waals surface area contributed by atoms with Crippen molar-refractivity contribution in [3.05, 3.63) is 27.3 Å². The van der Waals surface area contributed by atoms with Crippen molar-refractivity contribution in [1.82, 2.24) is 0 Å². The average molecular weight is 294 g/mol. The Balaban J connectivity index is 2.81. The molecule has 1 aliphatic carbocycles. The van der Waals surface area contributed by atoms with Gasteiger partial charge in [0.05, 0.1) is 7.11 Å². The van der Waals surface area contributed by atoms with Crippen LogP contribution in [-0.4, -0.2) is 13.2 Å². The fourth-order valence-corrected chi connectivity index (χ4v) is 3.60. The molecule has 0 spiro atoms. The van der Waals surface area contributed by atoms with Gasteiger partial charge < -0.3 is 4.74 Å². The highest BCUT2D eigenvalue weighted by molar-refractivity contribution is 6.32. The fourth-order valence-electron chi connectivity index (χ4n) is 3.36. The maximum Gasteiger partial charge on any atom is 0.235 e. The highest BCUT2D eigenvalue weighted by Crippen LogP contribution is 2.50. The summed E-state index contributed by atoms with van der Waals surface area (Å²) in [5, 5.41) is 0.741. The highest BCUT2D eigenvalue weighted by atomic mass is 35.5. The minimum atomic E-state index is -0.515. The molecule has 0 amide bonds. The van der Waals surface area contributed by atoms with Crippen LogP contribution in [0, 0.1) is 20.8 Å². The van der Waals surface area contributed by atoms with Crippen molar-refractivity contribution >= 4 is 17.7 Å². The first kappa shape index (κ1) is 15.1. The lowest BCUT2D eigenvalue weighted by Gasteiger charge is -2.29. The molecule has 0 heterocycles. The normalized spacial score (nSPS) is 16.9. The van der Waals surface area contributed by atoms with E-state index in [-0.39, 0.29) is 0 Å². The van der Waals surface area contributed by atoms with E-state index < -0.39 is 5.54 Å². The molecule has 1 aromatic carbocycles. The van der Waals surface area contributed by atoms with E-state index in [1.807, 2.05) is 20.8 Å². The Morgan fingerprint density at radius 1 is 1.15 bits per heavy atom. The zero-order valence-electron chi connectivity index (χ0n) is 12.5. The predicted molar refractivity (Wildman–Crippen MR) is 80.5 cm³/mol. The zero-order valence-corrected chi connectivity index (χ0v) is 13.2. The SMILES string of the molecule is COc1c(C)c(C)c(Cl)c(C)c1C1(N=C=O)CCCC1. The number of isocyanates is 1. The number of hydrogen-bond donors (Lipinski definition) is 0. The molecule has 0 bridgehead atoms. The molecular formula is C16H20ClNO2. The van der Waals surface area contributed by atoms with Crippen LogP contribution in [-0.2, 0) is 10.3 Å². The number of hydrogen-bond acceptors (Lipinski definition) is 3. The van der Waals surface area contributed by atoms with Crippen LogP contribution in [0.4, 0.5) is 0 Å². The average Bonchev–Trinajstić information content (AvgIpc) is 2.90. The molecule has 1 aromatic rings. The Kier molecular flexibility index (Phi) is 4.22. The first-order valence-corrected chi connectivity index (χ1v) is 7.29. The minimum absolute atomic E-state index is 0.515. The van der Waals surface area contributed by atoms with Crippen molar-refractivity contribution in [1.29, 1.82) is 0 Å². The van der Waals surface area contributed by atoms with E-state index in [1.165, 1.54) is 0 Å². The lowest BCUT2D eigenvalue weighted by Crippen LogP contribution is -2.22. The number of carbonyl (C=O) groups excluding carboxylic acids is 1. The van der Waals surface area contributed by atoms with Crippen LogP contribution in [0.1, 0.15) is 47.9 Å². The third-order valence-electron chi connectivity index (χ3n) is 4.52. The predicted octanol–water partition coefficient (Wildman–Crippen LogP) is 4.38. The molecule has 108 valence electrons. The molecule has 1 saturated carbocycles. The molecule has 0 saturated heterocycles. The molecule has 0 unspecified atom stereocenters. The fraction of sp³-hybridized carbons (Fsp3) is 0.562. The zero-order chi connectivity index (χ0) is 14.9. The first-order chi connectivity index (χ1) is 9.48. The van der Waals surface area contributed by atoms with Crippen molar-refractivity contribution in [3.63, 3.8) is 0 Å². The van der Waals surface area contributed by atoms with E-state index in [4.69, 9.17) is 16.3 Å². The van der Waals surface area contributed by atoms with Crippen LogP contribution in [0.3, 0.4) is 0 Å². The van der Waals surface area contributed by atoms with Gasteiger partial charge in [-0.3, -0.25) is 0 Å². The molecule has 0 N–H and O–H groups in total. The lowest BCUT2D eigenvalue weighted by atomic mass is 9.82. The standard InChI is InChI=1S/C16H20ClNO2/c1-10-11(2)15(20-4)13(12(3)14(10)17)16(18-9-19)7-5-6-8-16/h5-8H2,1-4H3. The smallest absolute Gasteiger partial charge is 0.235 e. The van der Waals surface area contributed by atoms with Crippen LogP contribution in [0.2, 0.25) is 5.02 Å². The molecule has 0 atom stereocenters. The van der Waals surface area contributed by atoms with Crippen LogP contribution in [0.25, 0.3) is 0 Å². The number of halogens is 1. The molecule has 1 fully saturated rings. The molecule has 20 heavy (non-hydrogen) atoms. The second-order valence-corrected chi connectivity index (χ2v) is 5.92. The van der Waals surface area contributed by atoms with E-state index in [1.54, 1.807) is 13.2 Å². The highest BCUT2D eigenvalue weighted by Gasteiger charge is 2.40. The van der Waals surface area contributed by atoms with Crippen LogP contribution in [0.5, 0.6) is 5.75 Å². The monoisotopic (exact) mass is 293 g/mol. The Morgan fingerprint density at radius 2 is 1.75 bits per heavy atom. The maximum absolute atomic E-state index is 10.9. The number of nitrogens with zero attached hydrogens (tertiary/aromatic N) is 1. The van der Waals surface area contributed by atoms with Gasteiger partial charge in [-0.1, -0.05) is 24.4 Å². The number of aliphatic imine (C=N–C) groups is 1. The second kappa shape index (κ2) is 5.59. The van der Waals surface area contributed by atoms with Gasteiger partial charge in [0, 0.05) is 10.6 Å². The molecule has 0 radical (unpaired) electrons. The Bertz CT molecular complexity index is 583. The van der Waals surface area contributed by atoms with Gasteiger partial charge in [-0.25, -0.2) is 4.79 Å². The third-order valence-corrected chi connectivity index (χ3v) is 5.09. The van der Waals surface area contributed by atoms with E-state index in [9.17, 15) is 4.79 Å². The van der Waals surface area contributed by atoms with Gasteiger partial charge in [-0.15, -0.1) is 0 Å². The van der Waals surface area contributed by atoms with Crippen LogP contribution < -0.4 is 4.74 Å². The van der Waals surface area contributed by atoms with Crippen molar-refractivity contribution in [2.24, 2.45) is 4.99 Å². The molecule has 1 aliphatic rings. The van der Waals surface area contributed by atoms with E-state index in [2.05, 4.69) is 4.99 Å². The summed E-state index contributed by atoms with van der Waals surface area (Å²) >= 11 is 6.46.